The molecule has 0 aliphatic carbocycles. The second kappa shape index (κ2) is 7.72. The number of benzene rings is 1. The van der Waals surface area contributed by atoms with E-state index in [4.69, 9.17) is 0 Å². The Bertz CT molecular complexity index is 1080. The van der Waals surface area contributed by atoms with Gasteiger partial charge in [0.15, 0.2) is 5.17 Å². The van der Waals surface area contributed by atoms with E-state index in [9.17, 15) is 25.0 Å². The molecule has 0 radical (unpaired) electrons. The van der Waals surface area contributed by atoms with Crippen molar-refractivity contribution in [1.29, 1.82) is 0 Å². The van der Waals surface area contributed by atoms with Gasteiger partial charge in [-0.3, -0.25) is 25.0 Å². The molecule has 1 aliphatic heterocycles. The lowest BCUT2D eigenvalue weighted by atomic mass is 9.93. The summed E-state index contributed by atoms with van der Waals surface area (Å²) in [7, 11) is 0. The molecule has 1 aromatic carbocycles. The van der Waals surface area contributed by atoms with E-state index in [2.05, 4.69) is 15.3 Å². The highest BCUT2D eigenvalue weighted by atomic mass is 32.2. The Labute approximate surface area is 173 Å². The maximum Gasteiger partial charge on any atom is 0.349 e. The molecular weight excluding hydrogens is 418 g/mol. The number of aromatic nitrogens is 1. The van der Waals surface area contributed by atoms with Gasteiger partial charge in [0.2, 0.25) is 5.13 Å². The summed E-state index contributed by atoms with van der Waals surface area (Å²) in [6.45, 7) is 5.45. The van der Waals surface area contributed by atoms with E-state index >= 15 is 0 Å². The first kappa shape index (κ1) is 20.6. The number of hydrogen-bond donors (Lipinski definition) is 1. The Morgan fingerprint density at radius 2 is 1.93 bits per heavy atom. The minimum atomic E-state index is -0.531. The number of nitrogens with one attached hydrogen (secondary N) is 1. The van der Waals surface area contributed by atoms with Gasteiger partial charge >= 0.3 is 5.00 Å². The summed E-state index contributed by atoms with van der Waals surface area (Å²) in [5, 5.41) is 25.1. The quantitative estimate of drug-likeness (QED) is 0.434. The molecule has 0 atom stereocenters. The number of hydrogen-bond acceptors (Lipinski definition) is 9. The van der Waals surface area contributed by atoms with Crippen LogP contribution in [0, 0.1) is 20.2 Å². The van der Waals surface area contributed by atoms with Gasteiger partial charge in [0.25, 0.3) is 11.6 Å². The molecule has 0 bridgehead atoms. The molecule has 1 aromatic heterocycles. The summed E-state index contributed by atoms with van der Waals surface area (Å²) in [5.74, 6) is -0.414. The highest BCUT2D eigenvalue weighted by Gasteiger charge is 2.31. The first-order valence-electron chi connectivity index (χ1n) is 8.24. The lowest BCUT2D eigenvalue weighted by Crippen LogP contribution is -2.19. The number of thioether (sulfide) groups is 1. The number of carbonyl (C=O) groups is 1. The average molecular weight is 433 g/mol. The first-order chi connectivity index (χ1) is 13.5. The number of thiazole rings is 1. The van der Waals surface area contributed by atoms with Crippen LogP contribution >= 0.6 is 23.1 Å². The lowest BCUT2D eigenvalue weighted by molar-refractivity contribution is -0.384. The summed E-state index contributed by atoms with van der Waals surface area (Å²) in [6.07, 6.45) is 1.51. The van der Waals surface area contributed by atoms with Crippen LogP contribution in [0.5, 0.6) is 0 Å². The van der Waals surface area contributed by atoms with Gasteiger partial charge in [-0.15, -0.1) is 0 Å². The van der Waals surface area contributed by atoms with Gasteiger partial charge in [0, 0.05) is 17.5 Å². The standard InChI is InChI=1S/C17H15N5O5S2/c1-17(2,3)12-14(22(26)27)29-15(18-12)20-16-19-13(23)11(28-16)8-9-5-4-6-10(7-9)21(24)25/h4-8H,1-3H3,(H,18,19,20,23). The van der Waals surface area contributed by atoms with Crippen molar-refractivity contribution in [2.24, 2.45) is 4.99 Å². The number of nitro benzene ring substituents is 1. The van der Waals surface area contributed by atoms with Crippen LogP contribution < -0.4 is 5.32 Å². The van der Waals surface area contributed by atoms with E-state index in [1.54, 1.807) is 6.07 Å². The second-order valence-electron chi connectivity index (χ2n) is 6.99. The first-order valence-corrected chi connectivity index (χ1v) is 9.87. The summed E-state index contributed by atoms with van der Waals surface area (Å²) in [4.78, 5) is 42.2. The van der Waals surface area contributed by atoms with Crippen LogP contribution in [-0.2, 0) is 10.2 Å². The van der Waals surface area contributed by atoms with Gasteiger partial charge in [-0.25, -0.2) is 4.98 Å². The third kappa shape index (κ3) is 4.66. The molecule has 10 nitrogen and oxygen atoms in total. The molecule has 1 fully saturated rings. The minimum Gasteiger partial charge on any atom is -0.300 e. The summed E-state index contributed by atoms with van der Waals surface area (Å²) in [5.41, 5.74) is 0.212. The molecule has 1 aliphatic rings. The number of nitro groups is 2. The van der Waals surface area contributed by atoms with Gasteiger partial charge < -0.3 is 5.32 Å². The molecule has 1 saturated heterocycles. The van der Waals surface area contributed by atoms with Crippen molar-refractivity contribution in [1.82, 2.24) is 10.3 Å². The van der Waals surface area contributed by atoms with E-state index < -0.39 is 21.2 Å². The molecule has 0 saturated carbocycles. The molecule has 29 heavy (non-hydrogen) atoms. The number of amidine groups is 1. The highest BCUT2D eigenvalue weighted by Crippen LogP contribution is 2.40. The van der Waals surface area contributed by atoms with E-state index in [1.807, 2.05) is 20.8 Å². The monoisotopic (exact) mass is 433 g/mol. The summed E-state index contributed by atoms with van der Waals surface area (Å²) >= 11 is 1.87. The smallest absolute Gasteiger partial charge is 0.300 e. The molecule has 150 valence electrons. The third-order valence-electron chi connectivity index (χ3n) is 3.70. The van der Waals surface area contributed by atoms with Gasteiger partial charge in [-0.1, -0.05) is 32.9 Å². The molecule has 0 spiro atoms. The number of amides is 1. The Balaban J connectivity index is 1.89. The third-order valence-corrected chi connectivity index (χ3v) is 5.51. The van der Waals surface area contributed by atoms with Crippen molar-refractivity contribution in [3.05, 3.63) is 60.7 Å². The van der Waals surface area contributed by atoms with Gasteiger partial charge in [-0.05, 0) is 34.7 Å². The Kier molecular flexibility index (Phi) is 5.48. The Morgan fingerprint density at radius 3 is 2.52 bits per heavy atom. The fourth-order valence-corrected chi connectivity index (χ4v) is 4.26. The van der Waals surface area contributed by atoms with Gasteiger partial charge in [0.05, 0.1) is 14.8 Å². The second-order valence-corrected chi connectivity index (χ2v) is 8.98. The van der Waals surface area contributed by atoms with E-state index in [1.165, 1.54) is 24.3 Å². The number of carbonyl (C=O) groups excluding carboxylic acids is 1. The summed E-state index contributed by atoms with van der Waals surface area (Å²) in [6, 6.07) is 5.89. The van der Waals surface area contributed by atoms with Crippen LogP contribution in [0.2, 0.25) is 0 Å². The number of non-ortho nitro benzene ring substituents is 1. The molecule has 1 amide bonds. The molecular formula is C17H15N5O5S2. The average Bonchev–Trinajstić information content (AvgIpc) is 3.19. The van der Waals surface area contributed by atoms with Gasteiger partial charge in [-0.2, -0.15) is 4.99 Å². The van der Waals surface area contributed by atoms with Crippen LogP contribution in [0.15, 0.2) is 34.2 Å². The van der Waals surface area contributed by atoms with Crippen molar-refractivity contribution in [2.75, 3.05) is 0 Å². The minimum absolute atomic E-state index is 0.0820. The SMILES string of the molecule is CC(C)(C)c1nc(N=C2NC(=O)C(=Cc3cccc([N+](=O)[O-])c3)S2)sc1[N+](=O)[O-]. The molecule has 1 N–H and O–H groups in total. The zero-order valence-electron chi connectivity index (χ0n) is 15.5. The fraction of sp³-hybridized carbons (Fsp3) is 0.235. The van der Waals surface area contributed by atoms with Crippen LogP contribution in [0.25, 0.3) is 6.08 Å². The van der Waals surface area contributed by atoms with E-state index in [0.717, 1.165) is 23.1 Å². The van der Waals surface area contributed by atoms with E-state index in [-0.39, 0.29) is 21.0 Å². The maximum atomic E-state index is 12.2. The topological polar surface area (TPSA) is 141 Å². The molecule has 0 unspecified atom stereocenters. The Morgan fingerprint density at radius 1 is 1.21 bits per heavy atom. The normalized spacial score (nSPS) is 17.0. The van der Waals surface area contributed by atoms with Crippen molar-refractivity contribution < 1.29 is 14.6 Å². The maximum absolute atomic E-state index is 12.2. The zero-order valence-corrected chi connectivity index (χ0v) is 17.2. The highest BCUT2D eigenvalue weighted by molar-refractivity contribution is 8.18. The van der Waals surface area contributed by atoms with Crippen LogP contribution in [0.4, 0.5) is 15.8 Å². The van der Waals surface area contributed by atoms with Crippen LogP contribution in [-0.4, -0.2) is 25.9 Å². The predicted molar refractivity (Wildman–Crippen MR) is 111 cm³/mol. The van der Waals surface area contributed by atoms with Crippen LogP contribution in [0.3, 0.4) is 0 Å². The van der Waals surface area contributed by atoms with Crippen molar-refractivity contribution in [2.45, 2.75) is 26.2 Å². The van der Waals surface area contributed by atoms with Crippen molar-refractivity contribution >= 4 is 56.1 Å². The zero-order chi connectivity index (χ0) is 21.3. The number of aliphatic imine (C=N–C) groups is 1. The van der Waals surface area contributed by atoms with E-state index in [0.29, 0.717) is 16.2 Å². The molecule has 12 heteroatoms. The summed E-state index contributed by atoms with van der Waals surface area (Å²) < 4.78 is 0. The molecule has 2 aromatic rings. The van der Waals surface area contributed by atoms with Gasteiger partial charge in [0.1, 0.15) is 5.69 Å². The predicted octanol–water partition coefficient (Wildman–Crippen LogP) is 4.15. The molecule has 3 rings (SSSR count). The van der Waals surface area contributed by atoms with Crippen LogP contribution in [0.1, 0.15) is 32.0 Å². The fourth-order valence-electron chi connectivity index (χ4n) is 2.41. The van der Waals surface area contributed by atoms with Crippen molar-refractivity contribution in [3.63, 3.8) is 0 Å². The Hall–Kier alpha value is -3.12. The lowest BCUT2D eigenvalue weighted by Gasteiger charge is -2.13. The number of nitrogens with zero attached hydrogens (tertiary/aromatic N) is 4. The van der Waals surface area contributed by atoms with Crippen molar-refractivity contribution in [3.8, 4) is 0 Å². The largest absolute Gasteiger partial charge is 0.349 e. The molecule has 2 heterocycles. The number of rotatable bonds is 4.